The number of carbonyl (C=O) groups is 2. The molecule has 2 rings (SSSR count). The molecule has 2 unspecified atom stereocenters. The first-order valence-corrected chi connectivity index (χ1v) is 7.69. The number of carbonyl (C=O) groups excluding carboxylic acids is 2. The fourth-order valence-electron chi connectivity index (χ4n) is 2.31. The molecule has 2 aromatic carbocycles. The Kier molecular flexibility index (Phi) is 6.32. The monoisotopic (exact) mass is 324 g/mol. The third-order valence-electron chi connectivity index (χ3n) is 3.30. The Morgan fingerprint density at radius 3 is 1.92 bits per heavy atom. The summed E-state index contributed by atoms with van der Waals surface area (Å²) in [5.74, 6) is -0.875. The van der Waals surface area contributed by atoms with Crippen molar-refractivity contribution in [2.75, 3.05) is 0 Å². The Morgan fingerprint density at radius 1 is 0.833 bits per heavy atom. The third-order valence-corrected chi connectivity index (χ3v) is 3.30. The topological polar surface area (TPSA) is 52.6 Å². The van der Waals surface area contributed by atoms with Crippen molar-refractivity contribution >= 4 is 18.0 Å². The summed E-state index contributed by atoms with van der Waals surface area (Å²) in [4.78, 5) is 23.0. The zero-order chi connectivity index (χ0) is 17.4. The van der Waals surface area contributed by atoms with Crippen molar-refractivity contribution in [1.29, 1.82) is 0 Å². The Balaban J connectivity index is 2.32. The van der Waals surface area contributed by atoms with Crippen LogP contribution in [0.1, 0.15) is 31.1 Å². The van der Waals surface area contributed by atoms with Crippen LogP contribution in [0, 0.1) is 0 Å². The number of hydrogen-bond acceptors (Lipinski definition) is 4. The highest BCUT2D eigenvalue weighted by Crippen LogP contribution is 2.25. The molecular formula is C20H20O4. The van der Waals surface area contributed by atoms with E-state index in [4.69, 9.17) is 9.47 Å². The van der Waals surface area contributed by atoms with Crippen molar-refractivity contribution < 1.29 is 19.1 Å². The van der Waals surface area contributed by atoms with Crippen molar-refractivity contribution in [2.45, 2.75) is 26.1 Å². The SMILES string of the molecule is CC(=O)OC(/C=C/c1ccccc1)C(OC(C)=O)c1ccccc1. The minimum atomic E-state index is -0.714. The average molecular weight is 324 g/mol. The van der Waals surface area contributed by atoms with Crippen LogP contribution in [0.25, 0.3) is 6.08 Å². The van der Waals surface area contributed by atoms with Crippen LogP contribution < -0.4 is 0 Å². The molecule has 2 atom stereocenters. The van der Waals surface area contributed by atoms with E-state index in [-0.39, 0.29) is 0 Å². The van der Waals surface area contributed by atoms with Crippen LogP contribution in [-0.2, 0) is 19.1 Å². The van der Waals surface area contributed by atoms with Crippen molar-refractivity contribution in [2.24, 2.45) is 0 Å². The van der Waals surface area contributed by atoms with Crippen LogP contribution in [0.15, 0.2) is 66.7 Å². The van der Waals surface area contributed by atoms with Crippen LogP contribution in [-0.4, -0.2) is 18.0 Å². The summed E-state index contributed by atoms with van der Waals surface area (Å²) >= 11 is 0. The number of esters is 2. The van der Waals surface area contributed by atoms with Crippen LogP contribution in [0.5, 0.6) is 0 Å². The van der Waals surface area contributed by atoms with Gasteiger partial charge in [0.2, 0.25) is 0 Å². The molecule has 0 saturated carbocycles. The lowest BCUT2D eigenvalue weighted by Gasteiger charge is -2.24. The van der Waals surface area contributed by atoms with Gasteiger partial charge in [0, 0.05) is 13.8 Å². The van der Waals surface area contributed by atoms with E-state index in [9.17, 15) is 9.59 Å². The van der Waals surface area contributed by atoms with Crippen molar-refractivity contribution in [3.8, 4) is 0 Å². The molecule has 0 aliphatic carbocycles. The molecule has 4 heteroatoms. The van der Waals surface area contributed by atoms with Crippen LogP contribution in [0.2, 0.25) is 0 Å². The number of hydrogen-bond donors (Lipinski definition) is 0. The molecule has 2 aromatic rings. The smallest absolute Gasteiger partial charge is 0.303 e. The number of benzene rings is 2. The lowest BCUT2D eigenvalue weighted by atomic mass is 10.0. The largest absolute Gasteiger partial charge is 0.454 e. The summed E-state index contributed by atoms with van der Waals surface area (Å²) in [6, 6.07) is 18.9. The van der Waals surface area contributed by atoms with Crippen LogP contribution in [0.4, 0.5) is 0 Å². The van der Waals surface area contributed by atoms with Gasteiger partial charge >= 0.3 is 11.9 Å². The molecule has 0 heterocycles. The predicted molar refractivity (Wildman–Crippen MR) is 92.0 cm³/mol. The first-order chi connectivity index (χ1) is 11.6. The molecule has 0 saturated heterocycles. The number of rotatable bonds is 6. The zero-order valence-corrected chi connectivity index (χ0v) is 13.7. The summed E-state index contributed by atoms with van der Waals surface area (Å²) in [6.45, 7) is 2.67. The fraction of sp³-hybridized carbons (Fsp3) is 0.200. The van der Waals surface area contributed by atoms with Gasteiger partial charge in [-0.05, 0) is 17.2 Å². The van der Waals surface area contributed by atoms with Gasteiger partial charge in [-0.15, -0.1) is 0 Å². The van der Waals surface area contributed by atoms with Crippen LogP contribution in [0.3, 0.4) is 0 Å². The first kappa shape index (κ1) is 17.5. The molecule has 24 heavy (non-hydrogen) atoms. The molecule has 0 aliphatic heterocycles. The van der Waals surface area contributed by atoms with Gasteiger partial charge in [-0.3, -0.25) is 9.59 Å². The van der Waals surface area contributed by atoms with Gasteiger partial charge in [0.25, 0.3) is 0 Å². The summed E-state index contributed by atoms with van der Waals surface area (Å²) in [6.07, 6.45) is 2.16. The minimum absolute atomic E-state index is 0.436. The second-order valence-electron chi connectivity index (χ2n) is 5.28. The number of ether oxygens (including phenoxy) is 2. The quantitative estimate of drug-likeness (QED) is 0.755. The molecule has 0 fully saturated rings. The highest BCUT2D eigenvalue weighted by molar-refractivity contribution is 5.68. The molecule has 0 aliphatic rings. The van der Waals surface area contributed by atoms with Crippen molar-refractivity contribution in [1.82, 2.24) is 0 Å². The molecule has 0 N–H and O–H groups in total. The summed E-state index contributed by atoms with van der Waals surface area (Å²) in [7, 11) is 0. The van der Waals surface area contributed by atoms with E-state index < -0.39 is 24.1 Å². The van der Waals surface area contributed by atoms with E-state index in [0.29, 0.717) is 0 Å². The minimum Gasteiger partial charge on any atom is -0.454 e. The van der Waals surface area contributed by atoms with E-state index in [1.54, 1.807) is 6.08 Å². The van der Waals surface area contributed by atoms with E-state index in [1.165, 1.54) is 13.8 Å². The zero-order valence-electron chi connectivity index (χ0n) is 13.7. The molecule has 0 spiro atoms. The molecule has 0 amide bonds. The lowest BCUT2D eigenvalue weighted by Crippen LogP contribution is -2.26. The average Bonchev–Trinajstić information content (AvgIpc) is 2.58. The second-order valence-corrected chi connectivity index (χ2v) is 5.28. The lowest BCUT2D eigenvalue weighted by molar-refractivity contribution is -0.162. The van der Waals surface area contributed by atoms with Crippen LogP contribution >= 0.6 is 0 Å². The normalized spacial score (nSPS) is 13.2. The Hall–Kier alpha value is -2.88. The van der Waals surface area contributed by atoms with Gasteiger partial charge in [0.05, 0.1) is 0 Å². The van der Waals surface area contributed by atoms with E-state index >= 15 is 0 Å². The van der Waals surface area contributed by atoms with Gasteiger partial charge in [-0.25, -0.2) is 0 Å². The van der Waals surface area contributed by atoms with Gasteiger partial charge in [0.15, 0.2) is 12.2 Å². The Morgan fingerprint density at radius 2 is 1.38 bits per heavy atom. The predicted octanol–water partition coefficient (Wildman–Crippen LogP) is 3.94. The third kappa shape index (κ3) is 5.39. The summed E-state index contributed by atoms with van der Waals surface area (Å²) in [5.41, 5.74) is 1.72. The maximum Gasteiger partial charge on any atom is 0.303 e. The fourth-order valence-corrected chi connectivity index (χ4v) is 2.31. The summed E-state index contributed by atoms with van der Waals surface area (Å²) < 4.78 is 10.8. The van der Waals surface area contributed by atoms with Crippen molar-refractivity contribution in [3.05, 3.63) is 77.9 Å². The first-order valence-electron chi connectivity index (χ1n) is 7.69. The highest BCUT2D eigenvalue weighted by atomic mass is 16.6. The molecular weight excluding hydrogens is 304 g/mol. The standard InChI is InChI=1S/C20H20O4/c1-15(21)23-19(14-13-17-9-5-3-6-10-17)20(24-16(2)22)18-11-7-4-8-12-18/h3-14,19-20H,1-2H3/b14-13+. The Bertz CT molecular complexity index is 692. The van der Waals surface area contributed by atoms with Gasteiger partial charge in [0.1, 0.15) is 0 Å². The molecule has 0 bridgehead atoms. The summed E-state index contributed by atoms with van der Waals surface area (Å²) in [5, 5.41) is 0. The van der Waals surface area contributed by atoms with Gasteiger partial charge in [-0.2, -0.15) is 0 Å². The maximum atomic E-state index is 11.5. The van der Waals surface area contributed by atoms with E-state index in [2.05, 4.69) is 0 Å². The van der Waals surface area contributed by atoms with Gasteiger partial charge in [-0.1, -0.05) is 66.7 Å². The Labute approximate surface area is 141 Å². The molecule has 0 aromatic heterocycles. The van der Waals surface area contributed by atoms with Gasteiger partial charge < -0.3 is 9.47 Å². The molecule has 0 radical (unpaired) electrons. The maximum absolute atomic E-state index is 11.5. The van der Waals surface area contributed by atoms with Crippen molar-refractivity contribution in [3.63, 3.8) is 0 Å². The van der Waals surface area contributed by atoms with E-state index in [0.717, 1.165) is 11.1 Å². The molecule has 4 nitrogen and oxygen atoms in total. The highest BCUT2D eigenvalue weighted by Gasteiger charge is 2.26. The van der Waals surface area contributed by atoms with E-state index in [1.807, 2.05) is 66.7 Å². The second kappa shape index (κ2) is 8.67. The molecule has 124 valence electrons.